The zero-order valence-electron chi connectivity index (χ0n) is 28.5. The van der Waals surface area contributed by atoms with E-state index in [0.717, 1.165) is 81.1 Å². The van der Waals surface area contributed by atoms with Crippen LogP contribution in [0.4, 0.5) is 4.39 Å². The first-order valence-corrected chi connectivity index (χ1v) is 17.3. The summed E-state index contributed by atoms with van der Waals surface area (Å²) in [6.45, 7) is 14.5. The van der Waals surface area contributed by atoms with E-state index < -0.39 is 5.67 Å². The molecule has 2 aromatic rings. The standard InChI is InChI=1S/C41H55FN2O2/c1-6-13-35(30-39(45)37-18-12-17-36(31-37)32(3)14-9-8-10-27-43-5)16-11-15-33-25-28-44(29-26-33)40(46)24-21-34-19-22-38(23-20-34)41(4,42)7-2/h7,10,12,14,17-20,22-23,27,31,33,35H,2,5-6,8-9,11,13,15-16,21,24-26,28-30H2,1,3-4H3. The topological polar surface area (TPSA) is 49.7 Å². The highest BCUT2D eigenvalue weighted by molar-refractivity contribution is 5.97. The minimum absolute atomic E-state index is 0.207. The summed E-state index contributed by atoms with van der Waals surface area (Å²) in [4.78, 5) is 32.0. The molecule has 0 bridgehead atoms. The molecule has 248 valence electrons. The maximum Gasteiger partial charge on any atom is 0.222 e. The molecule has 0 saturated carbocycles. The van der Waals surface area contributed by atoms with E-state index in [0.29, 0.717) is 36.7 Å². The van der Waals surface area contributed by atoms with Gasteiger partial charge >= 0.3 is 0 Å². The number of carbonyl (C=O) groups is 2. The van der Waals surface area contributed by atoms with Crippen LogP contribution in [0.5, 0.6) is 0 Å². The number of allylic oxidation sites excluding steroid dienone is 4. The van der Waals surface area contributed by atoms with Crippen molar-refractivity contribution in [3.63, 3.8) is 0 Å². The van der Waals surface area contributed by atoms with Crippen molar-refractivity contribution in [2.45, 2.75) is 103 Å². The van der Waals surface area contributed by atoms with E-state index >= 15 is 0 Å². The van der Waals surface area contributed by atoms with E-state index in [1.54, 1.807) is 18.3 Å². The Hall–Kier alpha value is -3.60. The lowest BCUT2D eigenvalue weighted by atomic mass is 9.86. The molecule has 1 heterocycles. The van der Waals surface area contributed by atoms with Crippen LogP contribution in [0.2, 0.25) is 0 Å². The Morgan fingerprint density at radius 1 is 1.09 bits per heavy atom. The van der Waals surface area contributed by atoms with Crippen LogP contribution in [0, 0.1) is 11.8 Å². The summed E-state index contributed by atoms with van der Waals surface area (Å²) in [6, 6.07) is 15.5. The predicted molar refractivity (Wildman–Crippen MR) is 192 cm³/mol. The monoisotopic (exact) mass is 626 g/mol. The number of ketones is 1. The fourth-order valence-electron chi connectivity index (χ4n) is 6.43. The van der Waals surface area contributed by atoms with Crippen molar-refractivity contribution in [3.05, 3.63) is 102 Å². The maximum absolute atomic E-state index is 14.4. The van der Waals surface area contributed by atoms with Gasteiger partial charge in [0.05, 0.1) is 0 Å². The number of rotatable bonds is 19. The molecule has 2 atom stereocenters. The Bertz CT molecular complexity index is 1330. The molecule has 1 aliphatic rings. The van der Waals surface area contributed by atoms with E-state index in [1.165, 1.54) is 25.0 Å². The van der Waals surface area contributed by atoms with Gasteiger partial charge in [-0.15, -0.1) is 0 Å². The van der Waals surface area contributed by atoms with E-state index in [2.05, 4.69) is 44.3 Å². The first-order chi connectivity index (χ1) is 22.2. The fourth-order valence-corrected chi connectivity index (χ4v) is 6.43. The Labute approximate surface area is 277 Å². The third-order valence-electron chi connectivity index (χ3n) is 9.53. The van der Waals surface area contributed by atoms with Gasteiger partial charge in [-0.1, -0.05) is 106 Å². The highest BCUT2D eigenvalue weighted by Gasteiger charge is 2.24. The molecule has 1 aliphatic heterocycles. The molecule has 2 unspecified atom stereocenters. The molecule has 4 nitrogen and oxygen atoms in total. The van der Waals surface area contributed by atoms with Crippen molar-refractivity contribution in [2.75, 3.05) is 13.1 Å². The van der Waals surface area contributed by atoms with Gasteiger partial charge in [-0.2, -0.15) is 0 Å². The van der Waals surface area contributed by atoms with Crippen molar-refractivity contribution in [1.82, 2.24) is 4.90 Å². The maximum atomic E-state index is 14.4. The zero-order chi connectivity index (χ0) is 33.4. The van der Waals surface area contributed by atoms with Gasteiger partial charge < -0.3 is 4.90 Å². The van der Waals surface area contributed by atoms with Gasteiger partial charge in [-0.05, 0) is 92.8 Å². The molecule has 1 fully saturated rings. The second-order valence-corrected chi connectivity index (χ2v) is 13.1. The summed E-state index contributed by atoms with van der Waals surface area (Å²) < 4.78 is 14.4. The molecule has 1 amide bonds. The number of halogens is 1. The largest absolute Gasteiger partial charge is 0.343 e. The van der Waals surface area contributed by atoms with Crippen molar-refractivity contribution in [3.8, 4) is 0 Å². The lowest BCUT2D eigenvalue weighted by Gasteiger charge is -2.32. The number of Topliss-reactive ketones (excluding diaryl/α,β-unsaturated/α-hetero) is 1. The van der Waals surface area contributed by atoms with Gasteiger partial charge in [-0.3, -0.25) is 14.6 Å². The number of aliphatic imine (C=N–C) groups is 1. The lowest BCUT2D eigenvalue weighted by molar-refractivity contribution is -0.132. The third kappa shape index (κ3) is 12.0. The van der Waals surface area contributed by atoms with Gasteiger partial charge in [0.1, 0.15) is 0 Å². The first-order valence-electron chi connectivity index (χ1n) is 17.3. The van der Waals surface area contributed by atoms with Crippen molar-refractivity contribution in [2.24, 2.45) is 16.8 Å². The van der Waals surface area contributed by atoms with Gasteiger partial charge in [0.2, 0.25) is 5.91 Å². The molecule has 3 rings (SSSR count). The molecule has 46 heavy (non-hydrogen) atoms. The van der Waals surface area contributed by atoms with Crippen LogP contribution < -0.4 is 0 Å². The molecule has 0 radical (unpaired) electrons. The molecule has 0 N–H and O–H groups in total. The summed E-state index contributed by atoms with van der Waals surface area (Å²) in [6.07, 6.45) is 18.5. The molecular formula is C41H55FN2O2. The molecule has 0 aliphatic carbocycles. The number of likely N-dealkylation sites (tertiary alicyclic amines) is 1. The number of carbonyl (C=O) groups excluding carboxylic acids is 2. The van der Waals surface area contributed by atoms with E-state index in [9.17, 15) is 14.0 Å². The van der Waals surface area contributed by atoms with E-state index in [1.807, 2.05) is 41.3 Å². The Morgan fingerprint density at radius 2 is 1.80 bits per heavy atom. The van der Waals surface area contributed by atoms with Crippen molar-refractivity contribution < 1.29 is 14.0 Å². The summed E-state index contributed by atoms with van der Waals surface area (Å²) in [7, 11) is 0. The quantitative estimate of drug-likeness (QED) is 0.0674. The summed E-state index contributed by atoms with van der Waals surface area (Å²) in [5.74, 6) is 1.51. The molecule has 0 aromatic heterocycles. The highest BCUT2D eigenvalue weighted by Crippen LogP contribution is 2.29. The molecule has 1 saturated heterocycles. The number of benzene rings is 2. The van der Waals surface area contributed by atoms with Crippen molar-refractivity contribution in [1.29, 1.82) is 0 Å². The van der Waals surface area contributed by atoms with Crippen LogP contribution in [0.15, 0.2) is 84.5 Å². The summed E-state index contributed by atoms with van der Waals surface area (Å²) >= 11 is 0. The molecule has 0 spiro atoms. The van der Waals surface area contributed by atoms with Gasteiger partial charge in [-0.25, -0.2) is 4.39 Å². The average molecular weight is 627 g/mol. The fraction of sp³-hybridized carbons (Fsp3) is 0.488. The van der Waals surface area contributed by atoms with Crippen LogP contribution >= 0.6 is 0 Å². The molecule has 5 heteroatoms. The number of amides is 1. The van der Waals surface area contributed by atoms with Crippen LogP contribution in [0.3, 0.4) is 0 Å². The second kappa shape index (κ2) is 19.2. The second-order valence-electron chi connectivity index (χ2n) is 13.1. The first kappa shape index (κ1) is 36.9. The Balaban J connectivity index is 1.40. The number of aryl methyl sites for hydroxylation is 1. The number of hydrogen-bond acceptors (Lipinski definition) is 3. The Morgan fingerprint density at radius 3 is 2.48 bits per heavy atom. The lowest BCUT2D eigenvalue weighted by Crippen LogP contribution is -2.38. The molecular weight excluding hydrogens is 571 g/mol. The average Bonchev–Trinajstić information content (AvgIpc) is 3.07. The molecule has 2 aromatic carbocycles. The highest BCUT2D eigenvalue weighted by atomic mass is 19.1. The van der Waals surface area contributed by atoms with Crippen molar-refractivity contribution >= 4 is 24.0 Å². The van der Waals surface area contributed by atoms with Gasteiger partial charge in [0.25, 0.3) is 0 Å². The van der Waals surface area contributed by atoms with Crippen LogP contribution in [0.1, 0.15) is 118 Å². The summed E-state index contributed by atoms with van der Waals surface area (Å²) in [5.41, 5.74) is 3.20. The minimum Gasteiger partial charge on any atom is -0.343 e. The normalized spacial score (nSPS) is 16.3. The van der Waals surface area contributed by atoms with E-state index in [4.69, 9.17) is 0 Å². The summed E-state index contributed by atoms with van der Waals surface area (Å²) in [5, 5.41) is 0. The van der Waals surface area contributed by atoms with Gasteiger partial charge in [0.15, 0.2) is 11.5 Å². The third-order valence-corrected chi connectivity index (χ3v) is 9.53. The van der Waals surface area contributed by atoms with Crippen LogP contribution in [0.25, 0.3) is 5.57 Å². The number of alkyl halides is 1. The number of unbranched alkanes of at least 4 members (excludes halogenated alkanes) is 1. The number of nitrogens with zero attached hydrogens (tertiary/aromatic N) is 2. The number of hydrogen-bond donors (Lipinski definition) is 0. The number of piperidine rings is 1. The predicted octanol–water partition coefficient (Wildman–Crippen LogP) is 10.5. The van der Waals surface area contributed by atoms with E-state index in [-0.39, 0.29) is 11.7 Å². The van der Waals surface area contributed by atoms with Gasteiger partial charge in [0, 0.05) is 37.7 Å². The Kier molecular flexibility index (Phi) is 15.3. The van der Waals surface area contributed by atoms with Crippen LogP contribution in [-0.4, -0.2) is 36.4 Å². The minimum atomic E-state index is -1.54. The smallest absolute Gasteiger partial charge is 0.222 e. The SMILES string of the molecule is C=CC(C)(F)c1ccc(CCC(=O)N2CCC(CCCC(CCC)CC(=O)c3cccc(C(C)=CCCC=CN=C)c3)CC2)cc1. The van der Waals surface area contributed by atoms with Crippen LogP contribution in [-0.2, 0) is 16.9 Å². The zero-order valence-corrected chi connectivity index (χ0v) is 28.5.